The summed E-state index contributed by atoms with van der Waals surface area (Å²) in [5.74, 6) is -1.10. The lowest BCUT2D eigenvalue weighted by Gasteiger charge is -2.08. The van der Waals surface area contributed by atoms with Crippen LogP contribution in [0.4, 0.5) is 4.39 Å². The Balaban J connectivity index is 2.91. The van der Waals surface area contributed by atoms with Gasteiger partial charge in [-0.3, -0.25) is 9.00 Å². The van der Waals surface area contributed by atoms with E-state index in [-0.39, 0.29) is 16.6 Å². The molecule has 6 nitrogen and oxygen atoms in total. The van der Waals surface area contributed by atoms with Gasteiger partial charge < -0.3 is 5.32 Å². The van der Waals surface area contributed by atoms with Crippen LogP contribution in [0, 0.1) is 5.82 Å². The molecule has 0 saturated heterocycles. The van der Waals surface area contributed by atoms with Crippen LogP contribution < -0.4 is 10.5 Å². The first-order valence-electron chi connectivity index (χ1n) is 5.73. The third kappa shape index (κ3) is 5.46. The van der Waals surface area contributed by atoms with Crippen LogP contribution in [-0.4, -0.2) is 37.1 Å². The summed E-state index contributed by atoms with van der Waals surface area (Å²) in [5.41, 5.74) is -0.155. The summed E-state index contributed by atoms with van der Waals surface area (Å²) in [4.78, 5) is 11.3. The normalized spacial score (nSPS) is 13.0. The smallest absolute Gasteiger partial charge is 0.251 e. The van der Waals surface area contributed by atoms with Crippen molar-refractivity contribution in [2.75, 3.05) is 18.6 Å². The summed E-state index contributed by atoms with van der Waals surface area (Å²) in [5, 5.41) is 7.45. The van der Waals surface area contributed by atoms with Gasteiger partial charge in [0.15, 0.2) is 0 Å². The Hall–Kier alpha value is -0.840. The number of rotatable bonds is 6. The van der Waals surface area contributed by atoms with Gasteiger partial charge in [0.05, 0.1) is 9.37 Å². The van der Waals surface area contributed by atoms with Gasteiger partial charge >= 0.3 is 0 Å². The van der Waals surface area contributed by atoms with Crippen LogP contribution in [0.1, 0.15) is 16.8 Å². The molecular formula is C11H14BrFN2O4S2. The van der Waals surface area contributed by atoms with Gasteiger partial charge in [0.2, 0.25) is 10.0 Å². The van der Waals surface area contributed by atoms with Gasteiger partial charge in [0.25, 0.3) is 5.91 Å². The quantitative estimate of drug-likeness (QED) is 0.686. The number of sulfonamides is 1. The second-order valence-electron chi connectivity index (χ2n) is 4.20. The Labute approximate surface area is 132 Å². The molecule has 1 unspecified atom stereocenters. The van der Waals surface area contributed by atoms with Crippen molar-refractivity contribution in [3.63, 3.8) is 0 Å². The van der Waals surface area contributed by atoms with Crippen LogP contribution in [-0.2, 0) is 20.8 Å². The summed E-state index contributed by atoms with van der Waals surface area (Å²) >= 11 is 2.78. The van der Waals surface area contributed by atoms with Crippen molar-refractivity contribution in [1.82, 2.24) is 5.32 Å². The predicted octanol–water partition coefficient (Wildman–Crippen LogP) is 0.734. The Morgan fingerprint density at radius 3 is 2.62 bits per heavy atom. The monoisotopic (exact) mass is 400 g/mol. The fraction of sp³-hybridized carbons (Fsp3) is 0.364. The molecule has 10 heteroatoms. The fourth-order valence-electron chi connectivity index (χ4n) is 1.48. The van der Waals surface area contributed by atoms with Gasteiger partial charge in [-0.1, -0.05) is 0 Å². The molecule has 118 valence electrons. The zero-order valence-electron chi connectivity index (χ0n) is 11.1. The fourth-order valence-corrected chi connectivity index (χ4v) is 3.58. The van der Waals surface area contributed by atoms with E-state index in [0.29, 0.717) is 12.2 Å². The Morgan fingerprint density at radius 1 is 1.48 bits per heavy atom. The third-order valence-electron chi connectivity index (χ3n) is 2.46. The van der Waals surface area contributed by atoms with Crippen LogP contribution in [0.3, 0.4) is 0 Å². The lowest BCUT2D eigenvalue weighted by Crippen LogP contribution is -2.26. The molecule has 0 radical (unpaired) electrons. The standard InChI is InChI=1S/C11H14BrFN2O4S2/c1-20(17)4-2-3-15-11(16)7-5-8(13)10(12)9(6-7)21(14,18)19/h5-6H,2-4H2,1H3,(H,15,16)(H2,14,18,19). The first-order chi connectivity index (χ1) is 9.62. The molecule has 0 aromatic heterocycles. The zero-order chi connectivity index (χ0) is 16.2. The van der Waals surface area contributed by atoms with Gasteiger partial charge in [-0.25, -0.2) is 17.9 Å². The van der Waals surface area contributed by atoms with Crippen molar-refractivity contribution in [3.05, 3.63) is 28.0 Å². The van der Waals surface area contributed by atoms with Crippen molar-refractivity contribution in [2.45, 2.75) is 11.3 Å². The van der Waals surface area contributed by atoms with Gasteiger partial charge in [-0.2, -0.15) is 0 Å². The average molecular weight is 401 g/mol. The lowest BCUT2D eigenvalue weighted by molar-refractivity contribution is 0.0953. The molecule has 3 N–H and O–H groups in total. The number of hydrogen-bond acceptors (Lipinski definition) is 4. The minimum absolute atomic E-state index is 0.155. The Bertz CT molecular complexity index is 679. The lowest BCUT2D eigenvalue weighted by atomic mass is 10.2. The van der Waals surface area contributed by atoms with Gasteiger partial charge in [-0.15, -0.1) is 0 Å². The topological polar surface area (TPSA) is 106 Å². The maximum atomic E-state index is 13.6. The van der Waals surface area contributed by atoms with E-state index in [1.807, 2.05) is 0 Å². The number of halogens is 2. The highest BCUT2D eigenvalue weighted by molar-refractivity contribution is 9.10. The van der Waals surface area contributed by atoms with E-state index in [9.17, 15) is 21.8 Å². The molecule has 0 spiro atoms. The van der Waals surface area contributed by atoms with Crippen molar-refractivity contribution in [1.29, 1.82) is 0 Å². The highest BCUT2D eigenvalue weighted by atomic mass is 79.9. The SMILES string of the molecule is CS(=O)CCCNC(=O)c1cc(F)c(Br)c(S(N)(=O)=O)c1. The molecule has 0 fully saturated rings. The molecule has 21 heavy (non-hydrogen) atoms. The van der Waals surface area contributed by atoms with Gasteiger partial charge in [0, 0.05) is 34.9 Å². The van der Waals surface area contributed by atoms with Gasteiger partial charge in [-0.05, 0) is 34.5 Å². The first-order valence-corrected chi connectivity index (χ1v) is 9.79. The van der Waals surface area contributed by atoms with E-state index in [1.165, 1.54) is 0 Å². The minimum Gasteiger partial charge on any atom is -0.352 e. The molecule has 0 bridgehead atoms. The number of primary sulfonamides is 1. The molecule has 0 aliphatic rings. The van der Waals surface area contributed by atoms with E-state index in [4.69, 9.17) is 5.14 Å². The molecule has 0 aliphatic heterocycles. The van der Waals surface area contributed by atoms with Crippen molar-refractivity contribution in [3.8, 4) is 0 Å². The van der Waals surface area contributed by atoms with Crippen molar-refractivity contribution < 1.29 is 21.8 Å². The number of amides is 1. The molecule has 1 amide bonds. The van der Waals surface area contributed by atoms with Crippen LogP contribution in [0.25, 0.3) is 0 Å². The van der Waals surface area contributed by atoms with Crippen LogP contribution in [0.2, 0.25) is 0 Å². The molecule has 1 aromatic carbocycles. The molecule has 1 atom stereocenters. The second-order valence-corrected chi connectivity index (χ2v) is 8.08. The largest absolute Gasteiger partial charge is 0.352 e. The van der Waals surface area contributed by atoms with Crippen LogP contribution in [0.5, 0.6) is 0 Å². The van der Waals surface area contributed by atoms with E-state index >= 15 is 0 Å². The van der Waals surface area contributed by atoms with Gasteiger partial charge in [0.1, 0.15) is 5.82 Å². The van der Waals surface area contributed by atoms with E-state index in [2.05, 4.69) is 21.2 Å². The summed E-state index contributed by atoms with van der Waals surface area (Å²) in [6.45, 7) is 0.251. The van der Waals surface area contributed by atoms with Crippen molar-refractivity contribution >= 4 is 42.7 Å². The number of hydrogen-bond donors (Lipinski definition) is 2. The minimum atomic E-state index is -4.16. The van der Waals surface area contributed by atoms with E-state index in [1.54, 1.807) is 6.26 Å². The highest BCUT2D eigenvalue weighted by Crippen LogP contribution is 2.25. The molecule has 0 saturated carbocycles. The van der Waals surface area contributed by atoms with Crippen LogP contribution in [0.15, 0.2) is 21.5 Å². The van der Waals surface area contributed by atoms with Crippen LogP contribution >= 0.6 is 15.9 Å². The third-order valence-corrected chi connectivity index (χ3v) is 5.32. The highest BCUT2D eigenvalue weighted by Gasteiger charge is 2.20. The zero-order valence-corrected chi connectivity index (χ0v) is 14.3. The number of carbonyl (C=O) groups is 1. The second kappa shape index (κ2) is 7.43. The maximum Gasteiger partial charge on any atom is 0.251 e. The average Bonchev–Trinajstić information content (AvgIpc) is 2.35. The van der Waals surface area contributed by atoms with E-state index < -0.39 is 37.4 Å². The summed E-state index contributed by atoms with van der Waals surface area (Å²) in [6.07, 6.45) is 2.04. The summed E-state index contributed by atoms with van der Waals surface area (Å²) in [7, 11) is -5.12. The number of nitrogens with one attached hydrogen (secondary N) is 1. The number of benzene rings is 1. The molecule has 0 heterocycles. The predicted molar refractivity (Wildman–Crippen MR) is 81.4 cm³/mol. The van der Waals surface area contributed by atoms with Crippen molar-refractivity contribution in [2.24, 2.45) is 5.14 Å². The Kier molecular flexibility index (Phi) is 6.44. The van der Waals surface area contributed by atoms with E-state index in [0.717, 1.165) is 12.1 Å². The molecule has 0 aliphatic carbocycles. The first kappa shape index (κ1) is 18.2. The number of nitrogens with two attached hydrogens (primary N) is 1. The molecular weight excluding hydrogens is 387 g/mol. The maximum absolute atomic E-state index is 13.6. The number of carbonyl (C=O) groups excluding carboxylic acids is 1. The Morgan fingerprint density at radius 2 is 2.10 bits per heavy atom. The summed E-state index contributed by atoms with van der Waals surface area (Å²) in [6, 6.07) is 1.90. The summed E-state index contributed by atoms with van der Waals surface area (Å²) < 4.78 is 46.8. The molecule has 1 aromatic rings. The molecule has 1 rings (SSSR count).